The van der Waals surface area contributed by atoms with Gasteiger partial charge in [0.2, 0.25) is 0 Å². The van der Waals surface area contributed by atoms with Gasteiger partial charge in [0.25, 0.3) is 5.91 Å². The predicted octanol–water partition coefficient (Wildman–Crippen LogP) is 1.59. The number of amides is 1. The molecule has 5 heteroatoms. The minimum Gasteiger partial charge on any atom is -0.490 e. The molecule has 0 radical (unpaired) electrons. The summed E-state index contributed by atoms with van der Waals surface area (Å²) in [6.07, 6.45) is 1.13. The molecule has 5 nitrogen and oxygen atoms in total. The summed E-state index contributed by atoms with van der Waals surface area (Å²) in [4.78, 5) is 17.4. The van der Waals surface area contributed by atoms with Gasteiger partial charge in [-0.25, -0.2) is 0 Å². The average molecular weight is 317 g/mol. The topological polar surface area (TPSA) is 44.8 Å². The summed E-state index contributed by atoms with van der Waals surface area (Å²) < 4.78 is 5.80. The maximum absolute atomic E-state index is 12.9. The molecular formula is C18H27N3O2. The van der Waals surface area contributed by atoms with Crippen LogP contribution in [0.1, 0.15) is 30.6 Å². The van der Waals surface area contributed by atoms with Crippen LogP contribution in [0.15, 0.2) is 24.3 Å². The lowest BCUT2D eigenvalue weighted by Crippen LogP contribution is -2.49. The molecule has 1 amide bonds. The number of carbonyl (C=O) groups is 1. The molecule has 1 N–H and O–H groups in total. The molecule has 0 saturated carbocycles. The zero-order valence-electron chi connectivity index (χ0n) is 14.1. The second-order valence-corrected chi connectivity index (χ2v) is 6.64. The van der Waals surface area contributed by atoms with E-state index in [4.69, 9.17) is 4.74 Å². The van der Waals surface area contributed by atoms with Gasteiger partial charge in [0.15, 0.2) is 0 Å². The maximum Gasteiger partial charge on any atom is 0.257 e. The lowest BCUT2D eigenvalue weighted by Gasteiger charge is -2.32. The third kappa shape index (κ3) is 3.85. The van der Waals surface area contributed by atoms with E-state index < -0.39 is 0 Å². The first kappa shape index (κ1) is 16.3. The number of para-hydroxylation sites is 1. The van der Waals surface area contributed by atoms with Gasteiger partial charge in [-0.2, -0.15) is 0 Å². The highest BCUT2D eigenvalue weighted by atomic mass is 16.5. The smallest absolute Gasteiger partial charge is 0.257 e. The van der Waals surface area contributed by atoms with Crippen LogP contribution in [0.4, 0.5) is 0 Å². The Kier molecular flexibility index (Phi) is 5.18. The summed E-state index contributed by atoms with van der Waals surface area (Å²) in [5.41, 5.74) is 0.683. The number of hydrogen-bond donors (Lipinski definition) is 1. The fourth-order valence-corrected chi connectivity index (χ4v) is 3.44. The minimum absolute atomic E-state index is 0.0659. The van der Waals surface area contributed by atoms with Crippen LogP contribution in [0.3, 0.4) is 0 Å². The average Bonchev–Trinajstić information content (AvgIpc) is 3.05. The Labute approximate surface area is 138 Å². The van der Waals surface area contributed by atoms with Crippen molar-refractivity contribution in [1.82, 2.24) is 15.1 Å². The number of likely N-dealkylation sites (tertiary alicyclic amines) is 1. The van der Waals surface area contributed by atoms with Crippen molar-refractivity contribution in [1.29, 1.82) is 0 Å². The highest BCUT2D eigenvalue weighted by Gasteiger charge is 2.32. The Bertz CT molecular complexity index is 541. The maximum atomic E-state index is 12.9. The van der Waals surface area contributed by atoms with Crippen molar-refractivity contribution in [2.24, 2.45) is 0 Å². The summed E-state index contributed by atoms with van der Waals surface area (Å²) in [6.45, 7) is 9.90. The fraction of sp³-hybridized carbons (Fsp3) is 0.611. The molecule has 2 aliphatic heterocycles. The Morgan fingerprint density at radius 3 is 2.70 bits per heavy atom. The number of nitrogens with one attached hydrogen (secondary N) is 1. The summed E-state index contributed by atoms with van der Waals surface area (Å²) in [5.74, 6) is 0.789. The van der Waals surface area contributed by atoms with Crippen LogP contribution in [0.25, 0.3) is 0 Å². The predicted molar refractivity (Wildman–Crippen MR) is 91.0 cm³/mol. The Hall–Kier alpha value is -1.59. The molecule has 1 aromatic rings. The van der Waals surface area contributed by atoms with Crippen molar-refractivity contribution in [3.63, 3.8) is 0 Å². The van der Waals surface area contributed by atoms with E-state index in [1.807, 2.05) is 43.0 Å². The molecule has 126 valence electrons. The molecule has 2 heterocycles. The van der Waals surface area contributed by atoms with Gasteiger partial charge in [-0.1, -0.05) is 12.1 Å². The highest BCUT2D eigenvalue weighted by molar-refractivity contribution is 5.97. The van der Waals surface area contributed by atoms with Crippen LogP contribution in [-0.2, 0) is 0 Å². The van der Waals surface area contributed by atoms with Gasteiger partial charge in [-0.15, -0.1) is 0 Å². The lowest BCUT2D eigenvalue weighted by atomic mass is 10.1. The summed E-state index contributed by atoms with van der Waals surface area (Å²) in [5, 5.41) is 3.38. The lowest BCUT2D eigenvalue weighted by molar-refractivity contribution is 0.0767. The normalized spacial score (nSPS) is 22.6. The van der Waals surface area contributed by atoms with E-state index in [2.05, 4.69) is 10.2 Å². The molecule has 2 aliphatic rings. The van der Waals surface area contributed by atoms with Crippen LogP contribution in [0.2, 0.25) is 0 Å². The van der Waals surface area contributed by atoms with E-state index in [1.165, 1.54) is 0 Å². The van der Waals surface area contributed by atoms with Gasteiger partial charge < -0.3 is 15.0 Å². The molecule has 0 spiro atoms. The molecule has 23 heavy (non-hydrogen) atoms. The van der Waals surface area contributed by atoms with Gasteiger partial charge in [0.1, 0.15) is 5.75 Å². The van der Waals surface area contributed by atoms with Gasteiger partial charge in [0, 0.05) is 45.3 Å². The third-order valence-corrected chi connectivity index (χ3v) is 4.60. The van der Waals surface area contributed by atoms with Gasteiger partial charge in [-0.3, -0.25) is 9.69 Å². The first-order valence-corrected chi connectivity index (χ1v) is 8.65. The van der Waals surface area contributed by atoms with Crippen LogP contribution < -0.4 is 10.1 Å². The zero-order valence-corrected chi connectivity index (χ0v) is 14.1. The second kappa shape index (κ2) is 7.32. The number of carbonyl (C=O) groups excluding carboxylic acids is 1. The SMILES string of the molecule is CC(C)Oc1ccccc1C(=O)N1CCC(N2CCNCC2)C1. The number of nitrogens with zero attached hydrogens (tertiary/aromatic N) is 2. The van der Waals surface area contributed by atoms with Crippen molar-refractivity contribution < 1.29 is 9.53 Å². The van der Waals surface area contributed by atoms with E-state index in [-0.39, 0.29) is 12.0 Å². The van der Waals surface area contributed by atoms with Crippen LogP contribution >= 0.6 is 0 Å². The van der Waals surface area contributed by atoms with Gasteiger partial charge >= 0.3 is 0 Å². The molecule has 1 aromatic carbocycles. The van der Waals surface area contributed by atoms with Gasteiger partial charge in [-0.05, 0) is 32.4 Å². The van der Waals surface area contributed by atoms with E-state index in [0.717, 1.165) is 45.7 Å². The molecule has 2 fully saturated rings. The molecule has 0 aromatic heterocycles. The molecule has 1 unspecified atom stereocenters. The van der Waals surface area contributed by atoms with Crippen molar-refractivity contribution in [2.75, 3.05) is 39.3 Å². The number of hydrogen-bond acceptors (Lipinski definition) is 4. The summed E-state index contributed by atoms with van der Waals surface area (Å²) in [7, 11) is 0. The Morgan fingerprint density at radius 2 is 1.96 bits per heavy atom. The summed E-state index contributed by atoms with van der Waals surface area (Å²) in [6, 6.07) is 8.08. The van der Waals surface area contributed by atoms with E-state index >= 15 is 0 Å². The van der Waals surface area contributed by atoms with E-state index in [0.29, 0.717) is 17.4 Å². The molecule has 2 saturated heterocycles. The molecule has 0 aliphatic carbocycles. The van der Waals surface area contributed by atoms with Crippen LogP contribution in [0.5, 0.6) is 5.75 Å². The Balaban J connectivity index is 1.67. The minimum atomic E-state index is 0.0659. The molecule has 1 atom stereocenters. The number of benzene rings is 1. The molecular weight excluding hydrogens is 290 g/mol. The number of rotatable bonds is 4. The fourth-order valence-electron chi connectivity index (χ4n) is 3.44. The quantitative estimate of drug-likeness (QED) is 0.916. The standard InChI is InChI=1S/C18H27N3O2/c1-14(2)23-17-6-4-3-5-16(17)18(22)21-10-7-15(13-21)20-11-8-19-9-12-20/h3-6,14-15,19H,7-13H2,1-2H3. The van der Waals surface area contributed by atoms with Crippen LogP contribution in [0, 0.1) is 0 Å². The van der Waals surface area contributed by atoms with Crippen molar-refractivity contribution in [3.8, 4) is 5.75 Å². The van der Waals surface area contributed by atoms with Crippen LogP contribution in [-0.4, -0.2) is 67.1 Å². The largest absolute Gasteiger partial charge is 0.490 e. The zero-order chi connectivity index (χ0) is 16.2. The summed E-state index contributed by atoms with van der Waals surface area (Å²) >= 11 is 0. The molecule has 0 bridgehead atoms. The van der Waals surface area contributed by atoms with Crippen molar-refractivity contribution in [2.45, 2.75) is 32.4 Å². The number of piperazine rings is 1. The Morgan fingerprint density at radius 1 is 1.22 bits per heavy atom. The van der Waals surface area contributed by atoms with Crippen molar-refractivity contribution >= 4 is 5.91 Å². The van der Waals surface area contributed by atoms with E-state index in [1.54, 1.807) is 0 Å². The third-order valence-electron chi connectivity index (χ3n) is 4.60. The van der Waals surface area contributed by atoms with E-state index in [9.17, 15) is 4.79 Å². The highest BCUT2D eigenvalue weighted by Crippen LogP contribution is 2.24. The monoisotopic (exact) mass is 317 g/mol. The van der Waals surface area contributed by atoms with Crippen molar-refractivity contribution in [3.05, 3.63) is 29.8 Å². The molecule has 3 rings (SSSR count). The number of ether oxygens (including phenoxy) is 1. The second-order valence-electron chi connectivity index (χ2n) is 6.64. The first-order chi connectivity index (χ1) is 11.1. The first-order valence-electron chi connectivity index (χ1n) is 8.65. The van der Waals surface area contributed by atoms with Gasteiger partial charge in [0.05, 0.1) is 11.7 Å².